The van der Waals surface area contributed by atoms with Gasteiger partial charge in [-0.1, -0.05) is 224 Å². The molecule has 12 rings (SSSR count). The number of carbonyl (C=O) groups excluding carboxylic acids is 2. The Morgan fingerprint density at radius 3 is 0.977 bits per heavy atom. The van der Waals surface area contributed by atoms with E-state index in [9.17, 15) is 9.59 Å². The van der Waals surface area contributed by atoms with Crippen molar-refractivity contribution < 1.29 is 38.0 Å². The Labute approximate surface area is 512 Å². The second-order valence-corrected chi connectivity index (χ2v) is 23.6. The maximum Gasteiger partial charge on any atom is 0.344 e. The molecule has 8 heteroatoms. The van der Waals surface area contributed by atoms with Crippen molar-refractivity contribution in [3.63, 3.8) is 0 Å². The molecule has 2 aliphatic rings. The molecule has 87 heavy (non-hydrogen) atoms. The zero-order valence-electron chi connectivity index (χ0n) is 50.1. The lowest BCUT2D eigenvalue weighted by molar-refractivity contribution is 0.0496. The van der Waals surface area contributed by atoms with Crippen LogP contribution in [0.2, 0.25) is 0 Å². The van der Waals surface area contributed by atoms with Gasteiger partial charge in [0.2, 0.25) is 0 Å². The first-order chi connectivity index (χ1) is 42.8. The molecule has 10 aromatic rings. The van der Waals surface area contributed by atoms with E-state index >= 15 is 0 Å². The van der Waals surface area contributed by atoms with Crippen molar-refractivity contribution in [1.82, 2.24) is 0 Å². The van der Waals surface area contributed by atoms with Crippen molar-refractivity contribution in [2.75, 3.05) is 26.4 Å². The average Bonchev–Trinajstić information content (AvgIpc) is 1.29. The summed E-state index contributed by atoms with van der Waals surface area (Å²) >= 11 is 0. The van der Waals surface area contributed by atoms with E-state index < -0.39 is 17.4 Å². The number of rotatable bonds is 24. The highest BCUT2D eigenvalue weighted by Gasteiger charge is 2.42. The van der Waals surface area contributed by atoms with Crippen LogP contribution in [0.25, 0.3) is 66.1 Å². The highest BCUT2D eigenvalue weighted by atomic mass is 16.5. The smallest absolute Gasteiger partial charge is 0.344 e. The maximum atomic E-state index is 14.3. The molecule has 0 bridgehead atoms. The largest absolute Gasteiger partial charge is 0.494 e. The van der Waals surface area contributed by atoms with E-state index in [0.29, 0.717) is 48.7 Å². The van der Waals surface area contributed by atoms with Gasteiger partial charge in [0.25, 0.3) is 0 Å². The van der Waals surface area contributed by atoms with Crippen LogP contribution in [0.4, 0.5) is 0 Å². The van der Waals surface area contributed by atoms with Gasteiger partial charge in [0.1, 0.15) is 34.5 Å². The minimum atomic E-state index is -0.478. The second-order valence-electron chi connectivity index (χ2n) is 23.6. The van der Waals surface area contributed by atoms with Crippen molar-refractivity contribution in [3.8, 4) is 79.0 Å². The fourth-order valence-corrected chi connectivity index (χ4v) is 12.4. The lowest BCUT2D eigenvalue weighted by Crippen LogP contribution is -2.44. The van der Waals surface area contributed by atoms with Gasteiger partial charge in [-0.2, -0.15) is 0 Å². The Bertz CT molecular complexity index is 3700. The molecule has 0 fully saturated rings. The molecule has 10 aromatic carbocycles. The molecule has 2 aliphatic heterocycles. The normalized spacial score (nSPS) is 13.1. The van der Waals surface area contributed by atoms with Gasteiger partial charge in [0.05, 0.1) is 37.6 Å². The highest BCUT2D eigenvalue weighted by Crippen LogP contribution is 2.48. The van der Waals surface area contributed by atoms with Gasteiger partial charge < -0.3 is 28.4 Å². The highest BCUT2D eigenvalue weighted by molar-refractivity contribution is 6.09. The molecule has 2 heterocycles. The van der Waals surface area contributed by atoms with Crippen LogP contribution in [-0.4, -0.2) is 38.4 Å². The Morgan fingerprint density at radius 2 is 0.644 bits per heavy atom. The van der Waals surface area contributed by atoms with Gasteiger partial charge in [-0.25, -0.2) is 9.59 Å². The van der Waals surface area contributed by atoms with Gasteiger partial charge in [-0.05, 0) is 153 Å². The molecule has 0 amide bonds. The van der Waals surface area contributed by atoms with Crippen LogP contribution in [0.15, 0.2) is 206 Å². The molecule has 1 spiro atoms. The standard InChI is InChI=1S/C79H76O8/c1-3-5-7-9-11-17-47-82-65-39-31-59(32-40-65)55-23-27-57(28-24-55)61-35-43-67(44-36-61)86-77(80)73-49-63-51-79(53-84-75(63)71-21-15-13-19-69(71)73)52-64-50-74(70-20-14-16-22-72(70)76(64)85-54-79)78(81)87-68-45-37-62(38-46-68)58-29-25-56(26-30-58)60-33-41-66(42-34-60)83-48-18-12-10-8-6-4-2/h13-16,19-46,49-50H,3-12,17-18,47-48,51-54H2,1-2H3. The van der Waals surface area contributed by atoms with Crippen LogP contribution in [0, 0.1) is 5.41 Å². The fourth-order valence-electron chi connectivity index (χ4n) is 12.4. The summed E-state index contributed by atoms with van der Waals surface area (Å²) < 4.78 is 37.7. The predicted molar refractivity (Wildman–Crippen MR) is 351 cm³/mol. The number of hydrogen-bond donors (Lipinski definition) is 0. The van der Waals surface area contributed by atoms with E-state index in [4.69, 9.17) is 28.4 Å². The molecular formula is C79H76O8. The quantitative estimate of drug-likeness (QED) is 0.0336. The molecule has 0 atom stereocenters. The first-order valence-corrected chi connectivity index (χ1v) is 31.5. The van der Waals surface area contributed by atoms with E-state index in [1.165, 1.54) is 64.2 Å². The lowest BCUT2D eigenvalue weighted by Gasteiger charge is -2.42. The van der Waals surface area contributed by atoms with Crippen LogP contribution < -0.4 is 28.4 Å². The van der Waals surface area contributed by atoms with E-state index in [0.717, 1.165) is 126 Å². The molecule has 440 valence electrons. The molecule has 0 N–H and O–H groups in total. The van der Waals surface area contributed by atoms with Gasteiger partial charge in [-0.3, -0.25) is 0 Å². The molecule has 0 saturated heterocycles. The lowest BCUT2D eigenvalue weighted by atomic mass is 9.73. The molecule has 0 aromatic heterocycles. The Morgan fingerprint density at radius 1 is 0.356 bits per heavy atom. The van der Waals surface area contributed by atoms with Crippen LogP contribution >= 0.6 is 0 Å². The number of hydrogen-bond acceptors (Lipinski definition) is 8. The molecular weight excluding hydrogens is 1080 g/mol. The summed E-state index contributed by atoms with van der Waals surface area (Å²) in [6.07, 6.45) is 16.1. The third-order valence-electron chi connectivity index (χ3n) is 17.2. The van der Waals surface area contributed by atoms with Crippen LogP contribution in [0.3, 0.4) is 0 Å². The number of ether oxygens (including phenoxy) is 6. The van der Waals surface area contributed by atoms with Gasteiger partial charge in [0, 0.05) is 16.2 Å². The minimum Gasteiger partial charge on any atom is -0.494 e. The SMILES string of the molecule is CCCCCCCCOc1ccc(-c2ccc(-c3ccc(OC(=O)c4cc5c(c6ccccc46)OCC4(COc6c(cc(C(=O)Oc7ccc(-c8ccc(-c9ccc(OCCCCCCCC)cc9)cc8)cc7)c7ccccc67)C4)C5)cc3)cc2)cc1. The number of esters is 2. The summed E-state index contributed by atoms with van der Waals surface area (Å²) in [6, 6.07) is 68.5. The Kier molecular flexibility index (Phi) is 18.4. The summed E-state index contributed by atoms with van der Waals surface area (Å²) in [7, 11) is 0. The number of benzene rings is 10. The topological polar surface area (TPSA) is 89.5 Å². The van der Waals surface area contributed by atoms with Crippen LogP contribution in [-0.2, 0) is 12.8 Å². The monoisotopic (exact) mass is 1150 g/mol. The zero-order valence-corrected chi connectivity index (χ0v) is 50.1. The van der Waals surface area contributed by atoms with Crippen molar-refractivity contribution in [2.45, 2.75) is 104 Å². The van der Waals surface area contributed by atoms with Crippen molar-refractivity contribution in [1.29, 1.82) is 0 Å². The molecule has 0 aliphatic carbocycles. The molecule has 0 radical (unpaired) electrons. The third kappa shape index (κ3) is 13.8. The van der Waals surface area contributed by atoms with Gasteiger partial charge >= 0.3 is 11.9 Å². The maximum absolute atomic E-state index is 14.3. The predicted octanol–water partition coefficient (Wildman–Crippen LogP) is 20.1. The van der Waals surface area contributed by atoms with Crippen molar-refractivity contribution in [2.24, 2.45) is 5.41 Å². The summed E-state index contributed by atoms with van der Waals surface area (Å²) in [6.45, 7) is 6.78. The van der Waals surface area contributed by atoms with E-state index in [1.807, 2.05) is 109 Å². The molecule has 0 unspecified atom stereocenters. The van der Waals surface area contributed by atoms with Crippen molar-refractivity contribution >= 4 is 33.5 Å². The number of carbonyl (C=O) groups is 2. The Balaban J connectivity index is 0.686. The van der Waals surface area contributed by atoms with E-state index in [2.05, 4.69) is 111 Å². The summed E-state index contributed by atoms with van der Waals surface area (Å²) in [5.41, 5.74) is 10.9. The first kappa shape index (κ1) is 58.3. The summed E-state index contributed by atoms with van der Waals surface area (Å²) in [5.74, 6) is 3.33. The number of unbranched alkanes of at least 4 members (excludes halogenated alkanes) is 10. The zero-order chi connectivity index (χ0) is 59.4. The van der Waals surface area contributed by atoms with Gasteiger partial charge in [0.15, 0.2) is 0 Å². The third-order valence-corrected chi connectivity index (χ3v) is 17.2. The van der Waals surface area contributed by atoms with E-state index in [-0.39, 0.29) is 0 Å². The number of fused-ring (bicyclic) bond motifs is 6. The van der Waals surface area contributed by atoms with Crippen molar-refractivity contribution in [3.05, 3.63) is 229 Å². The summed E-state index contributed by atoms with van der Waals surface area (Å²) in [5, 5.41) is 3.22. The van der Waals surface area contributed by atoms with Crippen LogP contribution in [0.5, 0.6) is 34.5 Å². The van der Waals surface area contributed by atoms with Crippen LogP contribution in [0.1, 0.15) is 123 Å². The minimum absolute atomic E-state index is 0.397. The average molecular weight is 1150 g/mol. The Hall–Kier alpha value is -9.14. The van der Waals surface area contributed by atoms with E-state index in [1.54, 1.807) is 0 Å². The first-order valence-electron chi connectivity index (χ1n) is 31.5. The molecule has 8 nitrogen and oxygen atoms in total. The summed E-state index contributed by atoms with van der Waals surface area (Å²) in [4.78, 5) is 28.6. The second kappa shape index (κ2) is 27.5. The van der Waals surface area contributed by atoms with Gasteiger partial charge in [-0.15, -0.1) is 0 Å². The fraction of sp³-hybridized carbons (Fsp3) is 0.266. The molecule has 0 saturated carbocycles.